The van der Waals surface area contributed by atoms with Crippen molar-refractivity contribution in [1.82, 2.24) is 24.0 Å². The fourth-order valence-corrected chi connectivity index (χ4v) is 4.19. The molecule has 5 rings (SSSR count). The van der Waals surface area contributed by atoms with Gasteiger partial charge in [-0.05, 0) is 42.0 Å². The molecule has 0 spiro atoms. The minimum atomic E-state index is -0.0718. The number of hydrogen-bond acceptors (Lipinski definition) is 6. The molecule has 32 heavy (non-hydrogen) atoms. The third kappa shape index (κ3) is 4.02. The average Bonchev–Trinajstić information content (AvgIpc) is 3.04. The molecular formula is C24H26N6O2. The van der Waals surface area contributed by atoms with Crippen molar-refractivity contribution in [3.8, 4) is 0 Å². The average molecular weight is 431 g/mol. The van der Waals surface area contributed by atoms with Gasteiger partial charge in [0.05, 0.1) is 35.2 Å². The zero-order valence-corrected chi connectivity index (χ0v) is 18.2. The van der Waals surface area contributed by atoms with Crippen LogP contribution in [0.5, 0.6) is 0 Å². The Kier molecular flexibility index (Phi) is 5.46. The molecule has 1 aromatic carbocycles. The summed E-state index contributed by atoms with van der Waals surface area (Å²) in [6.45, 7) is 3.10. The van der Waals surface area contributed by atoms with Gasteiger partial charge >= 0.3 is 5.69 Å². The van der Waals surface area contributed by atoms with Crippen molar-refractivity contribution in [2.75, 3.05) is 25.0 Å². The number of nitrogens with one attached hydrogen (secondary N) is 1. The molecule has 1 atom stereocenters. The Morgan fingerprint density at radius 3 is 2.72 bits per heavy atom. The Bertz CT molecular complexity index is 1280. The summed E-state index contributed by atoms with van der Waals surface area (Å²) in [4.78, 5) is 23.5. The third-order valence-corrected chi connectivity index (χ3v) is 5.95. The van der Waals surface area contributed by atoms with E-state index in [-0.39, 0.29) is 11.8 Å². The van der Waals surface area contributed by atoms with E-state index >= 15 is 0 Å². The molecule has 0 aliphatic carbocycles. The maximum atomic E-state index is 12.2. The van der Waals surface area contributed by atoms with Gasteiger partial charge in [0.2, 0.25) is 0 Å². The summed E-state index contributed by atoms with van der Waals surface area (Å²) in [5.74, 6) is 0.787. The molecule has 164 valence electrons. The van der Waals surface area contributed by atoms with E-state index in [1.54, 1.807) is 22.4 Å². The summed E-state index contributed by atoms with van der Waals surface area (Å²) < 4.78 is 9.40. The molecule has 8 heteroatoms. The molecule has 3 aromatic heterocycles. The number of ether oxygens (including phenoxy) is 1. The van der Waals surface area contributed by atoms with Gasteiger partial charge in [-0.2, -0.15) is 0 Å². The zero-order chi connectivity index (χ0) is 22.1. The molecule has 1 fully saturated rings. The van der Waals surface area contributed by atoms with E-state index in [0.29, 0.717) is 6.61 Å². The van der Waals surface area contributed by atoms with Gasteiger partial charge < -0.3 is 10.1 Å². The summed E-state index contributed by atoms with van der Waals surface area (Å²) in [5.41, 5.74) is 4.89. The molecule has 0 amide bonds. The Balaban J connectivity index is 1.27. The summed E-state index contributed by atoms with van der Waals surface area (Å²) in [7, 11) is 3.62. The minimum absolute atomic E-state index is 0.00403. The molecule has 0 radical (unpaired) electrons. The lowest BCUT2D eigenvalue weighted by atomic mass is 10.1. The molecule has 1 N–H and O–H groups in total. The molecule has 0 bridgehead atoms. The second-order valence-corrected chi connectivity index (χ2v) is 8.13. The lowest BCUT2D eigenvalue weighted by Gasteiger charge is -2.32. The predicted octanol–water partition coefficient (Wildman–Crippen LogP) is 2.98. The number of anilines is 2. The number of morpholine rings is 1. The van der Waals surface area contributed by atoms with Crippen molar-refractivity contribution in [3.05, 3.63) is 82.7 Å². The first kappa shape index (κ1) is 20.4. The van der Waals surface area contributed by atoms with Gasteiger partial charge in [0.25, 0.3) is 0 Å². The first-order valence-corrected chi connectivity index (χ1v) is 10.7. The molecule has 4 heterocycles. The summed E-state index contributed by atoms with van der Waals surface area (Å²) in [6.07, 6.45) is 3.50. The van der Waals surface area contributed by atoms with Crippen molar-refractivity contribution in [2.24, 2.45) is 14.1 Å². The molecule has 8 nitrogen and oxygen atoms in total. The molecule has 0 saturated carbocycles. The van der Waals surface area contributed by atoms with Gasteiger partial charge in [0.15, 0.2) is 0 Å². The highest BCUT2D eigenvalue weighted by Crippen LogP contribution is 2.24. The molecule has 1 saturated heterocycles. The molecule has 4 aromatic rings. The number of pyridine rings is 2. The van der Waals surface area contributed by atoms with Gasteiger partial charge in [0, 0.05) is 39.9 Å². The zero-order valence-electron chi connectivity index (χ0n) is 18.2. The van der Waals surface area contributed by atoms with E-state index in [2.05, 4.69) is 32.3 Å². The van der Waals surface area contributed by atoms with E-state index in [9.17, 15) is 4.79 Å². The quantitative estimate of drug-likeness (QED) is 0.525. The third-order valence-electron chi connectivity index (χ3n) is 5.95. The van der Waals surface area contributed by atoms with Crippen LogP contribution in [0.2, 0.25) is 0 Å². The van der Waals surface area contributed by atoms with Crippen LogP contribution in [0.4, 0.5) is 11.5 Å². The van der Waals surface area contributed by atoms with Crippen LogP contribution >= 0.6 is 0 Å². The smallest absolute Gasteiger partial charge is 0.328 e. The highest BCUT2D eigenvalue weighted by atomic mass is 16.5. The van der Waals surface area contributed by atoms with Gasteiger partial charge in [0.1, 0.15) is 11.9 Å². The molecule has 1 aliphatic heterocycles. The van der Waals surface area contributed by atoms with Crippen LogP contribution in [0.25, 0.3) is 11.0 Å². The number of nitrogens with zero attached hydrogens (tertiary/aromatic N) is 5. The standard InChI is InChI=1S/C24H26N6O2/c1-28-20-9-6-17(13-21(20)29(2)24(28)31)15-30-11-12-32-22(16-30)19-8-7-18(14-26-19)27-23-5-3-4-10-25-23/h3-10,13-14,22H,11-12,15-16H2,1-2H3,(H,25,27)/t22-/m0/s1. The van der Waals surface area contributed by atoms with Crippen LogP contribution in [0, 0.1) is 0 Å². The lowest BCUT2D eigenvalue weighted by Crippen LogP contribution is -2.38. The van der Waals surface area contributed by atoms with Crippen LogP contribution in [-0.2, 0) is 25.4 Å². The van der Waals surface area contributed by atoms with Crippen molar-refractivity contribution in [3.63, 3.8) is 0 Å². The molecule has 1 aliphatic rings. The normalized spacial score (nSPS) is 17.0. The van der Waals surface area contributed by atoms with Crippen LogP contribution in [0.1, 0.15) is 17.4 Å². The van der Waals surface area contributed by atoms with Crippen molar-refractivity contribution in [2.45, 2.75) is 12.6 Å². The second-order valence-electron chi connectivity index (χ2n) is 8.13. The first-order chi connectivity index (χ1) is 15.6. The van der Waals surface area contributed by atoms with Gasteiger partial charge in [-0.15, -0.1) is 0 Å². The maximum absolute atomic E-state index is 12.2. The fraction of sp³-hybridized carbons (Fsp3) is 0.292. The minimum Gasteiger partial charge on any atom is -0.369 e. The SMILES string of the molecule is Cn1c(=O)n(C)c2cc(CN3CCO[C@H](c4ccc(Nc5ccccn5)cn4)C3)ccc21. The Morgan fingerprint density at radius 2 is 1.94 bits per heavy atom. The van der Waals surface area contributed by atoms with E-state index in [1.165, 1.54) is 5.56 Å². The number of benzene rings is 1. The van der Waals surface area contributed by atoms with Crippen LogP contribution in [0.15, 0.2) is 65.7 Å². The first-order valence-electron chi connectivity index (χ1n) is 10.7. The Labute approximate surface area is 186 Å². The van der Waals surface area contributed by atoms with Crippen LogP contribution in [0.3, 0.4) is 0 Å². The van der Waals surface area contributed by atoms with Crippen molar-refractivity contribution < 1.29 is 4.74 Å². The summed E-state index contributed by atoms with van der Waals surface area (Å²) in [5, 5.41) is 3.25. The summed E-state index contributed by atoms with van der Waals surface area (Å²) in [6, 6.07) is 16.0. The largest absolute Gasteiger partial charge is 0.369 e. The maximum Gasteiger partial charge on any atom is 0.328 e. The second kappa shape index (κ2) is 8.57. The fourth-order valence-electron chi connectivity index (χ4n) is 4.19. The Morgan fingerprint density at radius 1 is 1.06 bits per heavy atom. The highest BCUT2D eigenvalue weighted by Gasteiger charge is 2.23. The van der Waals surface area contributed by atoms with E-state index in [4.69, 9.17) is 4.74 Å². The van der Waals surface area contributed by atoms with Crippen LogP contribution in [-0.4, -0.2) is 43.7 Å². The van der Waals surface area contributed by atoms with Gasteiger partial charge in [-0.1, -0.05) is 12.1 Å². The molecular weight excluding hydrogens is 404 g/mol. The number of imidazole rings is 1. The molecule has 0 unspecified atom stereocenters. The van der Waals surface area contributed by atoms with E-state index in [0.717, 1.165) is 47.9 Å². The number of aromatic nitrogens is 4. The van der Waals surface area contributed by atoms with Gasteiger partial charge in [-0.3, -0.25) is 19.0 Å². The summed E-state index contributed by atoms with van der Waals surface area (Å²) >= 11 is 0. The topological polar surface area (TPSA) is 77.2 Å². The number of fused-ring (bicyclic) bond motifs is 1. The highest BCUT2D eigenvalue weighted by molar-refractivity contribution is 5.76. The number of rotatable bonds is 5. The van der Waals surface area contributed by atoms with Crippen LogP contribution < -0.4 is 11.0 Å². The number of aryl methyl sites for hydroxylation is 2. The predicted molar refractivity (Wildman–Crippen MR) is 124 cm³/mol. The van der Waals surface area contributed by atoms with Crippen molar-refractivity contribution >= 4 is 22.5 Å². The Hall–Kier alpha value is -3.49. The monoisotopic (exact) mass is 430 g/mol. The van der Waals surface area contributed by atoms with Gasteiger partial charge in [-0.25, -0.2) is 9.78 Å². The van der Waals surface area contributed by atoms with E-state index in [1.807, 2.05) is 49.6 Å². The lowest BCUT2D eigenvalue weighted by molar-refractivity contribution is -0.0349. The van der Waals surface area contributed by atoms with E-state index < -0.39 is 0 Å². The van der Waals surface area contributed by atoms with Crippen molar-refractivity contribution in [1.29, 1.82) is 0 Å². The number of hydrogen-bond donors (Lipinski definition) is 1.